The average Bonchev–Trinajstić information content (AvgIpc) is 2.56. The molecule has 0 heterocycles. The molecule has 0 amide bonds. The van der Waals surface area contributed by atoms with Crippen LogP contribution < -0.4 is 0 Å². The number of benzene rings is 1. The topological polar surface area (TPSA) is 78.2 Å². The minimum atomic E-state index is -0.771. The third-order valence-electron chi connectivity index (χ3n) is 3.58. The van der Waals surface area contributed by atoms with Crippen LogP contribution >= 0.6 is 0 Å². The summed E-state index contributed by atoms with van der Waals surface area (Å²) in [5, 5.41) is 17.7. The lowest BCUT2D eigenvalue weighted by molar-refractivity contribution is -0.142. The third-order valence-corrected chi connectivity index (χ3v) is 3.58. The summed E-state index contributed by atoms with van der Waals surface area (Å²) in [6, 6.07) is 9.38. The van der Waals surface area contributed by atoms with Crippen molar-refractivity contribution in [1.29, 1.82) is 5.26 Å². The maximum absolute atomic E-state index is 11.2. The van der Waals surface area contributed by atoms with Crippen LogP contribution in [0, 0.1) is 17.2 Å². The van der Waals surface area contributed by atoms with Crippen molar-refractivity contribution in [2.75, 3.05) is 0 Å². The molecule has 23 heavy (non-hydrogen) atoms. The van der Waals surface area contributed by atoms with Crippen molar-refractivity contribution in [3.8, 4) is 6.07 Å². The normalized spacial score (nSPS) is 10.9. The van der Waals surface area contributed by atoms with Gasteiger partial charge in [-0.05, 0) is 38.2 Å². The summed E-state index contributed by atoms with van der Waals surface area (Å²) in [6.45, 7) is 5.52. The summed E-state index contributed by atoms with van der Waals surface area (Å²) in [5.41, 5.74) is 1.72. The van der Waals surface area contributed by atoms with Crippen LogP contribution in [0.1, 0.15) is 68.8 Å². The van der Waals surface area contributed by atoms with Crippen molar-refractivity contribution in [3.05, 3.63) is 35.4 Å². The standard InChI is InChI=1S/C17H21NO3.C2H6/c1-13(19)15-9-6-14(7-10-15)8-11-16(17(20)21)5-3-2-4-12-18;1-2/h6-7,9-10,16H,2-5,8,11H2,1H3,(H,20,21);1-2H3. The van der Waals surface area contributed by atoms with E-state index in [4.69, 9.17) is 5.26 Å². The van der Waals surface area contributed by atoms with Crippen molar-refractivity contribution in [2.45, 2.75) is 59.3 Å². The van der Waals surface area contributed by atoms with Crippen molar-refractivity contribution in [1.82, 2.24) is 0 Å². The molecule has 0 aliphatic carbocycles. The molecular weight excluding hydrogens is 290 g/mol. The lowest BCUT2D eigenvalue weighted by Gasteiger charge is -2.12. The first-order chi connectivity index (χ1) is 11.0. The zero-order valence-electron chi connectivity index (χ0n) is 14.3. The molecule has 1 aromatic carbocycles. The van der Waals surface area contributed by atoms with Crippen molar-refractivity contribution in [3.63, 3.8) is 0 Å². The third kappa shape index (κ3) is 8.77. The van der Waals surface area contributed by atoms with Gasteiger partial charge in [0.2, 0.25) is 0 Å². The number of aryl methyl sites for hydroxylation is 1. The summed E-state index contributed by atoms with van der Waals surface area (Å²) >= 11 is 0. The minimum absolute atomic E-state index is 0.0301. The van der Waals surface area contributed by atoms with Gasteiger partial charge in [-0.25, -0.2) is 0 Å². The fourth-order valence-electron chi connectivity index (χ4n) is 2.23. The molecule has 1 atom stereocenters. The number of Topliss-reactive ketones (excluding diaryl/α,β-unsaturated/α-hetero) is 1. The number of hydrogen-bond acceptors (Lipinski definition) is 3. The smallest absolute Gasteiger partial charge is 0.306 e. The maximum Gasteiger partial charge on any atom is 0.306 e. The van der Waals surface area contributed by atoms with Gasteiger partial charge in [-0.3, -0.25) is 9.59 Å². The van der Waals surface area contributed by atoms with Gasteiger partial charge in [0.15, 0.2) is 5.78 Å². The first-order valence-electron chi connectivity index (χ1n) is 8.24. The van der Waals surface area contributed by atoms with Gasteiger partial charge in [0.25, 0.3) is 0 Å². The zero-order valence-corrected chi connectivity index (χ0v) is 14.3. The van der Waals surface area contributed by atoms with Crippen molar-refractivity contribution < 1.29 is 14.7 Å². The first-order valence-corrected chi connectivity index (χ1v) is 8.24. The molecular formula is C19H27NO3. The molecule has 1 rings (SSSR count). The van der Waals surface area contributed by atoms with Crippen LogP contribution in [-0.4, -0.2) is 16.9 Å². The summed E-state index contributed by atoms with van der Waals surface area (Å²) in [6.07, 6.45) is 3.90. The Bertz CT molecular complexity index is 514. The van der Waals surface area contributed by atoms with E-state index < -0.39 is 5.97 Å². The van der Waals surface area contributed by atoms with Crippen LogP contribution in [0.5, 0.6) is 0 Å². The molecule has 1 N–H and O–H groups in total. The fourth-order valence-corrected chi connectivity index (χ4v) is 2.23. The lowest BCUT2D eigenvalue weighted by Crippen LogP contribution is -2.14. The number of carbonyl (C=O) groups excluding carboxylic acids is 1. The van der Waals surface area contributed by atoms with E-state index in [0.29, 0.717) is 31.2 Å². The molecule has 126 valence electrons. The highest BCUT2D eigenvalue weighted by molar-refractivity contribution is 5.94. The minimum Gasteiger partial charge on any atom is -0.481 e. The molecule has 0 spiro atoms. The molecule has 0 saturated carbocycles. The Kier molecular flexibility index (Phi) is 11.2. The molecule has 4 nitrogen and oxygen atoms in total. The SMILES string of the molecule is CC.CC(=O)c1ccc(CCC(CCCCC#N)C(=O)O)cc1. The Morgan fingerprint density at radius 3 is 2.22 bits per heavy atom. The number of hydrogen-bond donors (Lipinski definition) is 1. The van der Waals surface area contributed by atoms with Gasteiger partial charge in [-0.2, -0.15) is 5.26 Å². The zero-order chi connectivity index (χ0) is 17.7. The molecule has 1 unspecified atom stereocenters. The molecule has 0 saturated heterocycles. The average molecular weight is 317 g/mol. The van der Waals surface area contributed by atoms with Crippen LogP contribution in [0.4, 0.5) is 0 Å². The Morgan fingerprint density at radius 2 is 1.74 bits per heavy atom. The number of carboxylic acid groups (broad SMARTS) is 1. The number of unbranched alkanes of at least 4 members (excludes halogenated alkanes) is 2. The highest BCUT2D eigenvalue weighted by Gasteiger charge is 2.16. The number of carbonyl (C=O) groups is 2. The Hall–Kier alpha value is -2.15. The Labute approximate surface area is 139 Å². The maximum atomic E-state index is 11.2. The van der Waals surface area contributed by atoms with E-state index in [9.17, 15) is 14.7 Å². The number of carboxylic acids is 1. The molecule has 4 heteroatoms. The number of nitrogens with zero attached hydrogens (tertiary/aromatic N) is 1. The summed E-state index contributed by atoms with van der Waals surface area (Å²) < 4.78 is 0. The highest BCUT2D eigenvalue weighted by atomic mass is 16.4. The molecule has 0 aliphatic rings. The van der Waals surface area contributed by atoms with Crippen LogP contribution in [0.3, 0.4) is 0 Å². The molecule has 1 aromatic rings. The van der Waals surface area contributed by atoms with E-state index in [1.165, 1.54) is 6.92 Å². The van der Waals surface area contributed by atoms with Crippen LogP contribution in [-0.2, 0) is 11.2 Å². The fraction of sp³-hybridized carbons (Fsp3) is 0.526. The summed E-state index contributed by atoms with van der Waals surface area (Å²) in [4.78, 5) is 22.4. The van der Waals surface area contributed by atoms with Gasteiger partial charge in [0.1, 0.15) is 0 Å². The van der Waals surface area contributed by atoms with Gasteiger partial charge < -0.3 is 5.11 Å². The summed E-state index contributed by atoms with van der Waals surface area (Å²) in [5.74, 6) is -1.11. The van der Waals surface area contributed by atoms with Crippen LogP contribution in [0.2, 0.25) is 0 Å². The first kappa shape index (κ1) is 20.9. The van der Waals surface area contributed by atoms with Gasteiger partial charge in [-0.15, -0.1) is 0 Å². The van der Waals surface area contributed by atoms with Crippen molar-refractivity contribution in [2.24, 2.45) is 5.92 Å². The lowest BCUT2D eigenvalue weighted by atomic mass is 9.94. The van der Waals surface area contributed by atoms with Gasteiger partial charge in [0.05, 0.1) is 12.0 Å². The van der Waals surface area contributed by atoms with E-state index in [1.54, 1.807) is 12.1 Å². The Morgan fingerprint density at radius 1 is 1.13 bits per heavy atom. The predicted octanol–water partition coefficient (Wildman–Crippen LogP) is 4.63. The van der Waals surface area contributed by atoms with E-state index >= 15 is 0 Å². The Balaban J connectivity index is 0.00000232. The number of ketones is 1. The quantitative estimate of drug-likeness (QED) is 0.532. The number of rotatable bonds is 9. The van der Waals surface area contributed by atoms with E-state index in [-0.39, 0.29) is 11.7 Å². The van der Waals surface area contributed by atoms with E-state index in [1.807, 2.05) is 26.0 Å². The van der Waals surface area contributed by atoms with Crippen LogP contribution in [0.15, 0.2) is 24.3 Å². The number of aliphatic carboxylic acids is 1. The van der Waals surface area contributed by atoms with E-state index in [2.05, 4.69) is 6.07 Å². The highest BCUT2D eigenvalue weighted by Crippen LogP contribution is 2.18. The molecule has 0 radical (unpaired) electrons. The molecule has 0 aromatic heterocycles. The molecule has 0 bridgehead atoms. The second kappa shape index (κ2) is 12.4. The number of nitriles is 1. The largest absolute Gasteiger partial charge is 0.481 e. The molecule has 0 fully saturated rings. The van der Waals surface area contributed by atoms with E-state index in [0.717, 1.165) is 18.4 Å². The van der Waals surface area contributed by atoms with Gasteiger partial charge in [-0.1, -0.05) is 44.5 Å². The van der Waals surface area contributed by atoms with Gasteiger partial charge in [0, 0.05) is 12.0 Å². The summed E-state index contributed by atoms with van der Waals surface area (Å²) in [7, 11) is 0. The second-order valence-electron chi connectivity index (χ2n) is 5.23. The van der Waals surface area contributed by atoms with Gasteiger partial charge >= 0.3 is 5.97 Å². The predicted molar refractivity (Wildman–Crippen MR) is 91.3 cm³/mol. The monoisotopic (exact) mass is 317 g/mol. The van der Waals surface area contributed by atoms with Crippen molar-refractivity contribution >= 4 is 11.8 Å². The molecule has 0 aliphatic heterocycles. The van der Waals surface area contributed by atoms with Crippen LogP contribution in [0.25, 0.3) is 0 Å². The second-order valence-corrected chi connectivity index (χ2v) is 5.23.